The molecule has 30 heavy (non-hydrogen) atoms. The Labute approximate surface area is 173 Å². The van der Waals surface area contributed by atoms with Gasteiger partial charge in [-0.2, -0.15) is 0 Å². The number of nitrogens with one attached hydrogen (secondary N) is 1. The first-order chi connectivity index (χ1) is 14.3. The van der Waals surface area contributed by atoms with Crippen LogP contribution in [0, 0.1) is 10.1 Å². The van der Waals surface area contributed by atoms with Crippen LogP contribution in [0.25, 0.3) is 0 Å². The second-order valence-electron chi connectivity index (χ2n) is 6.83. The molecule has 0 fully saturated rings. The van der Waals surface area contributed by atoms with Gasteiger partial charge in [-0.3, -0.25) is 14.9 Å². The smallest absolute Gasteiger partial charge is 0.338 e. The maximum absolute atomic E-state index is 12.7. The molecule has 3 rings (SSSR count). The summed E-state index contributed by atoms with van der Waals surface area (Å²) in [7, 11) is 1.16. The highest BCUT2D eigenvalue weighted by molar-refractivity contribution is 5.99. The van der Waals surface area contributed by atoms with Crippen LogP contribution in [0.4, 0.5) is 5.69 Å². The predicted octanol–water partition coefficient (Wildman–Crippen LogP) is 3.03. The summed E-state index contributed by atoms with van der Waals surface area (Å²) in [5.41, 5.74) is 1.29. The van der Waals surface area contributed by atoms with Crippen molar-refractivity contribution in [2.75, 3.05) is 13.7 Å². The molecular formula is C21H22N2O7. The molecule has 0 unspecified atom stereocenters. The van der Waals surface area contributed by atoms with Gasteiger partial charge in [-0.15, -0.1) is 0 Å². The van der Waals surface area contributed by atoms with Gasteiger partial charge in [0.2, 0.25) is 0 Å². The lowest BCUT2D eigenvalue weighted by Crippen LogP contribution is -2.23. The van der Waals surface area contributed by atoms with E-state index < -0.39 is 16.8 Å². The summed E-state index contributed by atoms with van der Waals surface area (Å²) in [6.45, 7) is 4.42. The first-order valence-electron chi connectivity index (χ1n) is 9.43. The van der Waals surface area contributed by atoms with E-state index in [1.807, 2.05) is 26.0 Å². The van der Waals surface area contributed by atoms with Crippen molar-refractivity contribution >= 4 is 17.6 Å². The molecule has 0 radical (unpaired) electrons. The van der Waals surface area contributed by atoms with Gasteiger partial charge in [-0.25, -0.2) is 4.79 Å². The number of carbonyl (C=O) groups is 2. The number of esters is 1. The molecule has 0 bridgehead atoms. The van der Waals surface area contributed by atoms with E-state index in [1.54, 1.807) is 0 Å². The van der Waals surface area contributed by atoms with Gasteiger partial charge in [0, 0.05) is 41.8 Å². The van der Waals surface area contributed by atoms with Crippen LogP contribution in [0.15, 0.2) is 30.3 Å². The van der Waals surface area contributed by atoms with Crippen LogP contribution < -0.4 is 14.8 Å². The molecule has 0 aliphatic carbocycles. The van der Waals surface area contributed by atoms with Crippen molar-refractivity contribution in [3.8, 4) is 11.5 Å². The third kappa shape index (κ3) is 4.51. The van der Waals surface area contributed by atoms with Crippen molar-refractivity contribution in [2.45, 2.75) is 32.9 Å². The van der Waals surface area contributed by atoms with Crippen molar-refractivity contribution in [3.05, 3.63) is 62.7 Å². The Morgan fingerprint density at radius 3 is 2.63 bits per heavy atom. The summed E-state index contributed by atoms with van der Waals surface area (Å²) in [5, 5.41) is 13.9. The fraction of sp³-hybridized carbons (Fsp3) is 0.333. The van der Waals surface area contributed by atoms with Gasteiger partial charge in [0.05, 0.1) is 24.2 Å². The Bertz CT molecular complexity index is 1000. The van der Waals surface area contributed by atoms with E-state index in [2.05, 4.69) is 10.1 Å². The summed E-state index contributed by atoms with van der Waals surface area (Å²) < 4.78 is 16.1. The minimum absolute atomic E-state index is 0.0198. The highest BCUT2D eigenvalue weighted by atomic mass is 16.6. The van der Waals surface area contributed by atoms with E-state index in [0.29, 0.717) is 12.4 Å². The van der Waals surface area contributed by atoms with Gasteiger partial charge in [-0.05, 0) is 32.0 Å². The van der Waals surface area contributed by atoms with Gasteiger partial charge in [0.1, 0.15) is 17.6 Å². The number of hydrogen-bond donors (Lipinski definition) is 1. The Balaban J connectivity index is 1.84. The Morgan fingerprint density at radius 1 is 1.23 bits per heavy atom. The van der Waals surface area contributed by atoms with Crippen LogP contribution in [-0.4, -0.2) is 36.6 Å². The predicted molar refractivity (Wildman–Crippen MR) is 107 cm³/mol. The number of ether oxygens (including phenoxy) is 3. The molecular weight excluding hydrogens is 392 g/mol. The molecule has 2 aromatic carbocycles. The van der Waals surface area contributed by atoms with Crippen molar-refractivity contribution in [2.24, 2.45) is 0 Å². The fourth-order valence-electron chi connectivity index (χ4n) is 3.27. The molecule has 0 saturated carbocycles. The minimum atomic E-state index is -0.767. The summed E-state index contributed by atoms with van der Waals surface area (Å²) >= 11 is 0. The van der Waals surface area contributed by atoms with Gasteiger partial charge in [-0.1, -0.05) is 0 Å². The molecule has 0 aromatic heterocycles. The van der Waals surface area contributed by atoms with Crippen LogP contribution in [-0.2, 0) is 17.7 Å². The number of hydrogen-bond acceptors (Lipinski definition) is 7. The number of non-ortho nitro benzene ring substituents is 1. The Hall–Kier alpha value is -3.62. The van der Waals surface area contributed by atoms with Gasteiger partial charge < -0.3 is 19.5 Å². The monoisotopic (exact) mass is 414 g/mol. The molecule has 1 heterocycles. The largest absolute Gasteiger partial charge is 0.494 e. The second-order valence-corrected chi connectivity index (χ2v) is 6.83. The van der Waals surface area contributed by atoms with E-state index in [4.69, 9.17) is 9.47 Å². The van der Waals surface area contributed by atoms with E-state index in [9.17, 15) is 19.7 Å². The maximum Gasteiger partial charge on any atom is 0.338 e. The number of nitro benzene ring substituents is 1. The Kier molecular flexibility index (Phi) is 6.20. The minimum Gasteiger partial charge on any atom is -0.494 e. The number of methoxy groups -OCH3 is 1. The first-order valence-corrected chi connectivity index (χ1v) is 9.43. The Morgan fingerprint density at radius 2 is 1.97 bits per heavy atom. The highest BCUT2D eigenvalue weighted by Gasteiger charge is 2.23. The lowest BCUT2D eigenvalue weighted by atomic mass is 10.1. The zero-order chi connectivity index (χ0) is 21.8. The summed E-state index contributed by atoms with van der Waals surface area (Å²) in [6, 6.07) is 7.17. The normalized spacial score (nSPS) is 14.4. The molecule has 9 nitrogen and oxygen atoms in total. The van der Waals surface area contributed by atoms with Crippen molar-refractivity contribution in [1.29, 1.82) is 0 Å². The SMILES string of the molecule is CCOc1cc2c(cc1CNC(=O)c1cc(C(=O)OC)cc([N+](=O)[O-])c1)O[C@@H](C)C2. The van der Waals surface area contributed by atoms with Crippen LogP contribution >= 0.6 is 0 Å². The summed E-state index contributed by atoms with van der Waals surface area (Å²) in [5.74, 6) is 0.0550. The molecule has 1 N–H and O–H groups in total. The number of nitrogens with zero attached hydrogens (tertiary/aromatic N) is 1. The molecule has 0 saturated heterocycles. The molecule has 1 atom stereocenters. The quantitative estimate of drug-likeness (QED) is 0.420. The second kappa shape index (κ2) is 8.81. The van der Waals surface area contributed by atoms with Crippen molar-refractivity contribution in [1.82, 2.24) is 5.32 Å². The average Bonchev–Trinajstić information content (AvgIpc) is 3.09. The summed E-state index contributed by atoms with van der Waals surface area (Å²) in [4.78, 5) is 34.9. The van der Waals surface area contributed by atoms with E-state index in [-0.39, 0.29) is 29.5 Å². The molecule has 2 aromatic rings. The molecule has 1 aliphatic heterocycles. The van der Waals surface area contributed by atoms with Crippen LogP contribution in [0.3, 0.4) is 0 Å². The number of nitro groups is 1. The number of amides is 1. The number of rotatable bonds is 7. The lowest BCUT2D eigenvalue weighted by Gasteiger charge is -2.13. The standard InChI is InChI=1S/C21H22N2O7/c1-4-29-18-9-13-5-12(2)30-19(13)10-16(18)11-22-20(24)14-6-15(21(25)28-3)8-17(7-14)23(26)27/h6-10,12H,4-5,11H2,1-3H3,(H,22,24)/t12-/m0/s1. The number of benzene rings is 2. The van der Waals surface area contributed by atoms with E-state index in [0.717, 1.165) is 42.5 Å². The number of carbonyl (C=O) groups excluding carboxylic acids is 2. The topological polar surface area (TPSA) is 117 Å². The molecule has 1 amide bonds. The van der Waals surface area contributed by atoms with Crippen LogP contribution in [0.2, 0.25) is 0 Å². The van der Waals surface area contributed by atoms with Crippen LogP contribution in [0.1, 0.15) is 45.7 Å². The van der Waals surface area contributed by atoms with E-state index in [1.165, 1.54) is 6.07 Å². The molecule has 158 valence electrons. The number of fused-ring (bicyclic) bond motifs is 1. The van der Waals surface area contributed by atoms with Gasteiger partial charge >= 0.3 is 5.97 Å². The van der Waals surface area contributed by atoms with Crippen molar-refractivity contribution < 1.29 is 28.7 Å². The van der Waals surface area contributed by atoms with Gasteiger partial charge in [0.25, 0.3) is 11.6 Å². The van der Waals surface area contributed by atoms with Gasteiger partial charge in [0.15, 0.2) is 0 Å². The first kappa shape index (κ1) is 21.1. The molecule has 0 spiro atoms. The third-order valence-electron chi connectivity index (χ3n) is 4.63. The fourth-order valence-corrected chi connectivity index (χ4v) is 3.27. The van der Waals surface area contributed by atoms with E-state index >= 15 is 0 Å². The molecule has 9 heteroatoms. The van der Waals surface area contributed by atoms with Crippen molar-refractivity contribution in [3.63, 3.8) is 0 Å². The maximum atomic E-state index is 12.7. The lowest BCUT2D eigenvalue weighted by molar-refractivity contribution is -0.384. The highest BCUT2D eigenvalue weighted by Crippen LogP contribution is 2.35. The summed E-state index contributed by atoms with van der Waals surface area (Å²) in [6.07, 6.45) is 0.854. The third-order valence-corrected chi connectivity index (χ3v) is 4.63. The molecule has 1 aliphatic rings. The zero-order valence-corrected chi connectivity index (χ0v) is 16.9. The van der Waals surface area contributed by atoms with Crippen LogP contribution in [0.5, 0.6) is 11.5 Å². The zero-order valence-electron chi connectivity index (χ0n) is 16.9. The average molecular weight is 414 g/mol.